The van der Waals surface area contributed by atoms with Gasteiger partial charge >= 0.3 is 0 Å². The van der Waals surface area contributed by atoms with Crippen LogP contribution in [0.2, 0.25) is 0 Å². The third kappa shape index (κ3) is 2.36. The highest BCUT2D eigenvalue weighted by atomic mass is 79.9. The zero-order chi connectivity index (χ0) is 16.0. The number of hydrogen-bond donors (Lipinski definition) is 1. The summed E-state index contributed by atoms with van der Waals surface area (Å²) in [4.78, 5) is 11.1. The fraction of sp³-hybridized carbons (Fsp3) is 0.222. The standard InChI is InChI=1S/C18H15BrN2O2/c19-12-5-1-4-11(10-12)17-14-7-2-6-13(14)15-8-3-9-16(21(22)23)18(15)20-17/h1-6,8-10,13-14,17,20H,7H2/t13-,14-,17-/m1/s1. The average Bonchev–Trinajstić information content (AvgIpc) is 3.03. The number of benzene rings is 2. The molecule has 4 nitrogen and oxygen atoms in total. The van der Waals surface area contributed by atoms with Crippen molar-refractivity contribution in [3.05, 3.63) is 80.3 Å². The van der Waals surface area contributed by atoms with Crippen LogP contribution in [0.25, 0.3) is 0 Å². The maximum atomic E-state index is 11.4. The van der Waals surface area contributed by atoms with Crippen LogP contribution in [0, 0.1) is 16.0 Å². The molecule has 0 aromatic heterocycles. The first kappa shape index (κ1) is 14.5. The Balaban J connectivity index is 1.85. The minimum atomic E-state index is -0.303. The third-order valence-corrected chi connectivity index (χ3v) is 5.27. The van der Waals surface area contributed by atoms with Gasteiger partial charge in [-0.25, -0.2) is 0 Å². The molecule has 0 saturated heterocycles. The molecule has 2 aliphatic rings. The van der Waals surface area contributed by atoms with E-state index in [-0.39, 0.29) is 22.6 Å². The molecule has 1 aliphatic carbocycles. The van der Waals surface area contributed by atoms with Crippen molar-refractivity contribution in [1.29, 1.82) is 0 Å². The van der Waals surface area contributed by atoms with Crippen LogP contribution in [0.5, 0.6) is 0 Å². The van der Waals surface area contributed by atoms with Gasteiger partial charge in [-0.15, -0.1) is 0 Å². The zero-order valence-electron chi connectivity index (χ0n) is 12.3. The number of nitro groups is 1. The number of rotatable bonds is 2. The van der Waals surface area contributed by atoms with Crippen LogP contribution in [0.15, 0.2) is 59.1 Å². The minimum absolute atomic E-state index is 0.0705. The van der Waals surface area contributed by atoms with Gasteiger partial charge < -0.3 is 5.32 Å². The van der Waals surface area contributed by atoms with E-state index < -0.39 is 0 Å². The van der Waals surface area contributed by atoms with Gasteiger partial charge in [0.15, 0.2) is 0 Å². The van der Waals surface area contributed by atoms with Crippen molar-refractivity contribution in [3.63, 3.8) is 0 Å². The average molecular weight is 371 g/mol. The van der Waals surface area contributed by atoms with E-state index in [0.29, 0.717) is 11.6 Å². The summed E-state index contributed by atoms with van der Waals surface area (Å²) in [5, 5.41) is 14.9. The lowest BCUT2D eigenvalue weighted by molar-refractivity contribution is -0.384. The van der Waals surface area contributed by atoms with Gasteiger partial charge in [-0.1, -0.05) is 52.3 Å². The van der Waals surface area contributed by atoms with Crippen LogP contribution in [0.3, 0.4) is 0 Å². The molecule has 1 N–H and O–H groups in total. The van der Waals surface area contributed by atoms with Crippen LogP contribution in [-0.4, -0.2) is 4.92 Å². The second-order valence-electron chi connectivity index (χ2n) is 6.03. The Kier molecular flexibility index (Phi) is 3.45. The molecule has 0 saturated carbocycles. The van der Waals surface area contributed by atoms with Crippen molar-refractivity contribution in [2.45, 2.75) is 18.4 Å². The summed E-state index contributed by atoms with van der Waals surface area (Å²) >= 11 is 3.52. The van der Waals surface area contributed by atoms with Crippen molar-refractivity contribution in [1.82, 2.24) is 0 Å². The molecule has 23 heavy (non-hydrogen) atoms. The van der Waals surface area contributed by atoms with E-state index in [1.165, 1.54) is 0 Å². The summed E-state index contributed by atoms with van der Waals surface area (Å²) in [6, 6.07) is 13.6. The molecule has 0 amide bonds. The predicted octanol–water partition coefficient (Wildman–Crippen LogP) is 5.18. The Bertz CT molecular complexity index is 818. The van der Waals surface area contributed by atoms with Gasteiger partial charge in [0.05, 0.1) is 11.0 Å². The Morgan fingerprint density at radius 1 is 1.22 bits per heavy atom. The Hall–Kier alpha value is -2.14. The highest BCUT2D eigenvalue weighted by molar-refractivity contribution is 9.10. The summed E-state index contributed by atoms with van der Waals surface area (Å²) < 4.78 is 1.02. The fourth-order valence-electron chi connectivity index (χ4n) is 3.79. The summed E-state index contributed by atoms with van der Waals surface area (Å²) in [5.41, 5.74) is 3.00. The van der Waals surface area contributed by atoms with Crippen LogP contribution >= 0.6 is 15.9 Å². The second-order valence-corrected chi connectivity index (χ2v) is 6.94. The molecule has 0 spiro atoms. The van der Waals surface area contributed by atoms with E-state index in [9.17, 15) is 10.1 Å². The quantitative estimate of drug-likeness (QED) is 0.449. The predicted molar refractivity (Wildman–Crippen MR) is 93.6 cm³/mol. The van der Waals surface area contributed by atoms with Crippen molar-refractivity contribution in [2.24, 2.45) is 5.92 Å². The molecule has 116 valence electrons. The van der Waals surface area contributed by atoms with E-state index in [0.717, 1.165) is 22.0 Å². The van der Waals surface area contributed by atoms with Gasteiger partial charge in [0, 0.05) is 16.5 Å². The number of anilines is 1. The molecule has 1 heterocycles. The number of halogens is 1. The van der Waals surface area contributed by atoms with Gasteiger partial charge in [-0.3, -0.25) is 10.1 Å². The van der Waals surface area contributed by atoms with Crippen LogP contribution in [0.1, 0.15) is 29.5 Å². The fourth-order valence-corrected chi connectivity index (χ4v) is 4.20. The van der Waals surface area contributed by atoms with E-state index in [1.54, 1.807) is 12.1 Å². The number of nitrogens with one attached hydrogen (secondary N) is 1. The van der Waals surface area contributed by atoms with Crippen LogP contribution < -0.4 is 5.32 Å². The van der Waals surface area contributed by atoms with Gasteiger partial charge in [0.25, 0.3) is 5.69 Å². The van der Waals surface area contributed by atoms with E-state index in [4.69, 9.17) is 0 Å². The highest BCUT2D eigenvalue weighted by Crippen LogP contribution is 2.52. The van der Waals surface area contributed by atoms with Crippen molar-refractivity contribution >= 4 is 27.3 Å². The topological polar surface area (TPSA) is 55.2 Å². The first-order chi connectivity index (χ1) is 11.1. The Morgan fingerprint density at radius 3 is 2.83 bits per heavy atom. The lowest BCUT2D eigenvalue weighted by atomic mass is 9.77. The summed E-state index contributed by atoms with van der Waals surface area (Å²) in [7, 11) is 0. The number of allylic oxidation sites excluding steroid dienone is 2. The molecule has 4 rings (SSSR count). The number of para-hydroxylation sites is 1. The van der Waals surface area contributed by atoms with Crippen LogP contribution in [0.4, 0.5) is 11.4 Å². The third-order valence-electron chi connectivity index (χ3n) is 4.78. The lowest BCUT2D eigenvalue weighted by Gasteiger charge is -2.37. The van der Waals surface area contributed by atoms with Crippen molar-refractivity contribution < 1.29 is 4.92 Å². The largest absolute Gasteiger partial charge is 0.372 e. The maximum Gasteiger partial charge on any atom is 0.292 e. The van der Waals surface area contributed by atoms with Gasteiger partial charge in [-0.2, -0.15) is 0 Å². The molecule has 1 aliphatic heterocycles. The smallest absolute Gasteiger partial charge is 0.292 e. The maximum absolute atomic E-state index is 11.4. The highest BCUT2D eigenvalue weighted by Gasteiger charge is 2.40. The minimum Gasteiger partial charge on any atom is -0.372 e. The molecule has 5 heteroatoms. The number of fused-ring (bicyclic) bond motifs is 3. The molecule has 0 fully saturated rings. The first-order valence-corrected chi connectivity index (χ1v) is 8.40. The second kappa shape index (κ2) is 5.49. The molecule has 0 radical (unpaired) electrons. The van der Waals surface area contributed by atoms with Gasteiger partial charge in [0.1, 0.15) is 5.69 Å². The molecule has 0 unspecified atom stereocenters. The van der Waals surface area contributed by atoms with Gasteiger partial charge in [0.2, 0.25) is 0 Å². The first-order valence-electron chi connectivity index (χ1n) is 7.61. The lowest BCUT2D eigenvalue weighted by Crippen LogP contribution is -2.29. The SMILES string of the molecule is O=[N+]([O-])c1cccc2c1N[C@H](c1cccc(Br)c1)[C@@H]1CC=C[C@@H]21. The Labute approximate surface area is 142 Å². The van der Waals surface area contributed by atoms with E-state index in [1.807, 2.05) is 18.2 Å². The number of nitro benzene ring substituents is 1. The summed E-state index contributed by atoms with van der Waals surface area (Å²) in [6.45, 7) is 0. The summed E-state index contributed by atoms with van der Waals surface area (Å²) in [5.74, 6) is 0.619. The van der Waals surface area contributed by atoms with E-state index in [2.05, 4.69) is 45.5 Å². The molecule has 2 aromatic rings. The molecule has 0 bridgehead atoms. The van der Waals surface area contributed by atoms with Gasteiger partial charge in [-0.05, 0) is 35.6 Å². The van der Waals surface area contributed by atoms with Crippen LogP contribution in [-0.2, 0) is 0 Å². The normalized spacial score (nSPS) is 24.7. The molecular formula is C18H15BrN2O2. The monoisotopic (exact) mass is 370 g/mol. The van der Waals surface area contributed by atoms with Crippen molar-refractivity contribution in [3.8, 4) is 0 Å². The summed E-state index contributed by atoms with van der Waals surface area (Å²) in [6.07, 6.45) is 5.37. The molecule has 2 aromatic carbocycles. The number of nitrogens with zero attached hydrogens (tertiary/aromatic N) is 1. The van der Waals surface area contributed by atoms with E-state index >= 15 is 0 Å². The molecule has 3 atom stereocenters. The van der Waals surface area contributed by atoms with Crippen molar-refractivity contribution in [2.75, 3.05) is 5.32 Å². The Morgan fingerprint density at radius 2 is 2.04 bits per heavy atom. The zero-order valence-corrected chi connectivity index (χ0v) is 13.9. The number of hydrogen-bond acceptors (Lipinski definition) is 3. The molecular weight excluding hydrogens is 356 g/mol.